The maximum absolute atomic E-state index is 12.3. The van der Waals surface area contributed by atoms with Crippen molar-refractivity contribution in [2.24, 2.45) is 7.05 Å². The van der Waals surface area contributed by atoms with Crippen molar-refractivity contribution in [1.29, 1.82) is 0 Å². The van der Waals surface area contributed by atoms with Gasteiger partial charge in [-0.3, -0.25) is 4.68 Å². The van der Waals surface area contributed by atoms with Crippen molar-refractivity contribution in [2.45, 2.75) is 19.4 Å². The Labute approximate surface area is 145 Å². The van der Waals surface area contributed by atoms with Gasteiger partial charge in [0, 0.05) is 19.0 Å². The monoisotopic (exact) mass is 339 g/mol. The van der Waals surface area contributed by atoms with E-state index in [4.69, 9.17) is 0 Å². The molecule has 3 N–H and O–H groups in total. The topological polar surface area (TPSA) is 92.1 Å². The first-order valence-electron chi connectivity index (χ1n) is 8.11. The fourth-order valence-electron chi connectivity index (χ4n) is 2.84. The minimum absolute atomic E-state index is 0.0117. The highest BCUT2D eigenvalue weighted by molar-refractivity contribution is 5.92. The molecule has 0 aliphatic carbocycles. The quantitative estimate of drug-likeness (QED) is 0.666. The third-order valence-electron chi connectivity index (χ3n) is 4.05. The first-order chi connectivity index (χ1) is 12.1. The lowest BCUT2D eigenvalue weighted by Crippen LogP contribution is -2.33. The zero-order valence-corrected chi connectivity index (χ0v) is 14.2. The van der Waals surface area contributed by atoms with E-state index >= 15 is 0 Å². The second-order valence-corrected chi connectivity index (χ2v) is 5.88. The van der Waals surface area contributed by atoms with Crippen LogP contribution in [0.2, 0.25) is 0 Å². The Morgan fingerprint density at radius 3 is 2.80 bits per heavy atom. The smallest absolute Gasteiger partial charge is 0.319 e. The molecule has 1 aromatic carbocycles. The predicted octanol–water partition coefficient (Wildman–Crippen LogP) is 2.52. The largest absolute Gasteiger partial charge is 0.396 e. The molecule has 1 atom stereocenters. The second-order valence-electron chi connectivity index (χ2n) is 5.88. The number of aromatic nitrogens is 3. The van der Waals surface area contributed by atoms with Gasteiger partial charge in [0.15, 0.2) is 5.65 Å². The molecule has 0 radical (unpaired) electrons. The average Bonchev–Trinajstić information content (AvgIpc) is 2.89. The van der Waals surface area contributed by atoms with Crippen LogP contribution < -0.4 is 10.6 Å². The summed E-state index contributed by atoms with van der Waals surface area (Å²) >= 11 is 0. The van der Waals surface area contributed by atoms with Gasteiger partial charge in [-0.15, -0.1) is 0 Å². The number of anilines is 1. The number of pyridine rings is 1. The third-order valence-corrected chi connectivity index (χ3v) is 4.05. The van der Waals surface area contributed by atoms with E-state index < -0.39 is 0 Å². The number of benzene rings is 1. The molecule has 7 heteroatoms. The lowest BCUT2D eigenvalue weighted by Gasteiger charge is -2.18. The van der Waals surface area contributed by atoms with Gasteiger partial charge in [-0.2, -0.15) is 5.10 Å². The van der Waals surface area contributed by atoms with Crippen LogP contribution in [0.25, 0.3) is 11.0 Å². The Morgan fingerprint density at radius 2 is 2.08 bits per heavy atom. The Balaban J connectivity index is 1.74. The molecule has 2 heterocycles. The molecule has 0 spiro atoms. The Hall–Kier alpha value is -2.93. The maximum Gasteiger partial charge on any atom is 0.319 e. The van der Waals surface area contributed by atoms with Gasteiger partial charge in [-0.05, 0) is 25.0 Å². The van der Waals surface area contributed by atoms with E-state index in [1.807, 2.05) is 50.4 Å². The molecule has 7 nitrogen and oxygen atoms in total. The molecule has 25 heavy (non-hydrogen) atoms. The minimum atomic E-state index is -0.343. The van der Waals surface area contributed by atoms with Gasteiger partial charge in [0.2, 0.25) is 0 Å². The maximum atomic E-state index is 12.3. The van der Waals surface area contributed by atoms with E-state index in [0.29, 0.717) is 12.1 Å². The molecule has 0 unspecified atom stereocenters. The van der Waals surface area contributed by atoms with Crippen molar-refractivity contribution in [3.63, 3.8) is 0 Å². The van der Waals surface area contributed by atoms with E-state index in [2.05, 4.69) is 20.7 Å². The highest BCUT2D eigenvalue weighted by Gasteiger charge is 2.15. The average molecular weight is 339 g/mol. The number of hydrogen-bond donors (Lipinski definition) is 3. The van der Waals surface area contributed by atoms with Gasteiger partial charge in [-0.25, -0.2) is 9.78 Å². The number of aliphatic hydroxyl groups excluding tert-OH is 1. The van der Waals surface area contributed by atoms with E-state index in [0.717, 1.165) is 22.3 Å². The fraction of sp³-hybridized carbons (Fsp3) is 0.278. The molecular formula is C18H21N5O2. The molecule has 130 valence electrons. The number of amides is 2. The van der Waals surface area contributed by atoms with Gasteiger partial charge in [0.05, 0.1) is 23.6 Å². The van der Waals surface area contributed by atoms with E-state index in [1.165, 1.54) is 0 Å². The van der Waals surface area contributed by atoms with Gasteiger partial charge < -0.3 is 15.7 Å². The fourth-order valence-corrected chi connectivity index (χ4v) is 2.84. The third kappa shape index (κ3) is 3.77. The number of aliphatic hydroxyl groups is 1. The number of carbonyl (C=O) groups is 1. The van der Waals surface area contributed by atoms with Crippen LogP contribution in [0, 0.1) is 6.92 Å². The molecule has 2 aromatic heterocycles. The van der Waals surface area contributed by atoms with Gasteiger partial charge in [0.1, 0.15) is 0 Å². The van der Waals surface area contributed by atoms with Crippen molar-refractivity contribution in [1.82, 2.24) is 20.1 Å². The van der Waals surface area contributed by atoms with Crippen molar-refractivity contribution < 1.29 is 9.90 Å². The van der Waals surface area contributed by atoms with Crippen LogP contribution in [-0.4, -0.2) is 32.5 Å². The highest BCUT2D eigenvalue weighted by atomic mass is 16.3. The number of urea groups is 1. The van der Waals surface area contributed by atoms with Crippen LogP contribution in [0.1, 0.15) is 23.7 Å². The molecule has 0 bridgehead atoms. The predicted molar refractivity (Wildman–Crippen MR) is 96.3 cm³/mol. The van der Waals surface area contributed by atoms with Crippen molar-refractivity contribution in [3.05, 3.63) is 53.9 Å². The summed E-state index contributed by atoms with van der Waals surface area (Å²) < 4.78 is 1.71. The number of carbonyl (C=O) groups excluding carboxylic acids is 1. The zero-order valence-electron chi connectivity index (χ0n) is 14.2. The van der Waals surface area contributed by atoms with Gasteiger partial charge in [0.25, 0.3) is 0 Å². The SMILES string of the molecule is Cc1nn(C)c2ncc(NC(=O)N[C@H](CCO)c3ccccc3)cc12. The van der Waals surface area contributed by atoms with Crippen LogP contribution >= 0.6 is 0 Å². The van der Waals surface area contributed by atoms with Crippen LogP contribution in [0.5, 0.6) is 0 Å². The summed E-state index contributed by atoms with van der Waals surface area (Å²) in [4.78, 5) is 16.7. The molecule has 0 aliphatic heterocycles. The van der Waals surface area contributed by atoms with Crippen molar-refractivity contribution in [2.75, 3.05) is 11.9 Å². The first-order valence-corrected chi connectivity index (χ1v) is 8.11. The molecule has 0 aliphatic rings. The summed E-state index contributed by atoms with van der Waals surface area (Å²) in [6.07, 6.45) is 2.04. The molecular weight excluding hydrogens is 318 g/mol. The Bertz CT molecular complexity index is 876. The van der Waals surface area contributed by atoms with Gasteiger partial charge in [-0.1, -0.05) is 30.3 Å². The molecule has 0 fully saturated rings. The highest BCUT2D eigenvalue weighted by Crippen LogP contribution is 2.20. The molecule has 0 saturated carbocycles. The summed E-state index contributed by atoms with van der Waals surface area (Å²) in [7, 11) is 1.83. The van der Waals surface area contributed by atoms with Crippen LogP contribution in [-0.2, 0) is 7.05 Å². The second kappa shape index (κ2) is 7.31. The minimum Gasteiger partial charge on any atom is -0.396 e. The standard InChI is InChI=1S/C18H21N5O2/c1-12-15-10-14(11-19-17(15)23(2)22-12)20-18(25)21-16(8-9-24)13-6-4-3-5-7-13/h3-7,10-11,16,24H,8-9H2,1-2H3,(H2,20,21,25)/t16-/m1/s1. The van der Waals surface area contributed by atoms with Crippen LogP contribution in [0.3, 0.4) is 0 Å². The Kier molecular flexibility index (Phi) is 4.95. The lowest BCUT2D eigenvalue weighted by molar-refractivity contribution is 0.239. The van der Waals surface area contributed by atoms with Crippen molar-refractivity contribution in [3.8, 4) is 0 Å². The summed E-state index contributed by atoms with van der Waals surface area (Å²) in [6.45, 7) is 1.89. The number of aryl methyl sites for hydroxylation is 2. The normalized spacial score (nSPS) is 12.1. The zero-order chi connectivity index (χ0) is 17.8. The van der Waals surface area contributed by atoms with Crippen LogP contribution in [0.15, 0.2) is 42.6 Å². The van der Waals surface area contributed by atoms with E-state index in [-0.39, 0.29) is 18.7 Å². The summed E-state index contributed by atoms with van der Waals surface area (Å²) in [5, 5.41) is 20.2. The molecule has 3 aromatic rings. The van der Waals surface area contributed by atoms with Crippen molar-refractivity contribution >= 4 is 22.8 Å². The van der Waals surface area contributed by atoms with E-state index in [1.54, 1.807) is 10.9 Å². The lowest BCUT2D eigenvalue weighted by atomic mass is 10.0. The van der Waals surface area contributed by atoms with Gasteiger partial charge >= 0.3 is 6.03 Å². The summed E-state index contributed by atoms with van der Waals surface area (Å²) in [5.41, 5.74) is 3.17. The molecule has 0 saturated heterocycles. The van der Waals surface area contributed by atoms with E-state index in [9.17, 15) is 9.90 Å². The molecule has 2 amide bonds. The Morgan fingerprint density at radius 1 is 1.32 bits per heavy atom. The summed E-state index contributed by atoms with van der Waals surface area (Å²) in [6, 6.07) is 10.8. The summed E-state index contributed by atoms with van der Waals surface area (Å²) in [5.74, 6) is 0. The number of nitrogens with zero attached hydrogens (tertiary/aromatic N) is 3. The first kappa shape index (κ1) is 16.9. The number of rotatable bonds is 5. The van der Waals surface area contributed by atoms with Crippen LogP contribution in [0.4, 0.5) is 10.5 Å². The number of hydrogen-bond acceptors (Lipinski definition) is 4. The molecule has 3 rings (SSSR count). The number of fused-ring (bicyclic) bond motifs is 1. The number of nitrogens with one attached hydrogen (secondary N) is 2.